The lowest BCUT2D eigenvalue weighted by molar-refractivity contribution is -0.127. The zero-order valence-electron chi connectivity index (χ0n) is 18.0. The van der Waals surface area contributed by atoms with Crippen LogP contribution in [0, 0.1) is 6.92 Å². The van der Waals surface area contributed by atoms with Gasteiger partial charge in [0.05, 0.1) is 12.4 Å². The van der Waals surface area contributed by atoms with Crippen LogP contribution in [-0.4, -0.2) is 51.0 Å². The highest BCUT2D eigenvalue weighted by atomic mass is 32.2. The van der Waals surface area contributed by atoms with Gasteiger partial charge >= 0.3 is 0 Å². The molecule has 0 atom stereocenters. The first kappa shape index (κ1) is 21.9. The molecule has 0 spiro atoms. The molecule has 6 nitrogen and oxygen atoms in total. The summed E-state index contributed by atoms with van der Waals surface area (Å²) in [7, 11) is 0. The fourth-order valence-corrected chi connectivity index (χ4v) is 4.07. The zero-order valence-corrected chi connectivity index (χ0v) is 18.8. The normalized spacial score (nSPS) is 10.8. The highest BCUT2D eigenvalue weighted by Gasteiger charge is 2.19. The van der Waals surface area contributed by atoms with Crippen molar-refractivity contribution < 1.29 is 9.53 Å². The Hall–Kier alpha value is -2.80. The maximum Gasteiger partial charge on any atom is 0.233 e. The predicted molar refractivity (Wildman–Crippen MR) is 121 cm³/mol. The molecule has 0 bridgehead atoms. The fraction of sp³-hybridized carbons (Fsp3) is 0.348. The van der Waals surface area contributed by atoms with E-state index in [1.807, 2.05) is 66.6 Å². The topological polar surface area (TPSA) is 60.2 Å². The number of nitrogens with zero attached hydrogens (tertiary/aromatic N) is 4. The molecule has 0 N–H and O–H groups in total. The van der Waals surface area contributed by atoms with E-state index in [9.17, 15) is 4.79 Å². The maximum absolute atomic E-state index is 12.5. The third kappa shape index (κ3) is 5.02. The molecule has 158 valence electrons. The SMILES string of the molecule is CCOc1ccc(-n2c(SCC(=O)N(CC)CC)nnc2-c2cccc(C)c2)cc1. The number of thioether (sulfide) groups is 1. The lowest BCUT2D eigenvalue weighted by atomic mass is 10.1. The van der Waals surface area contributed by atoms with E-state index < -0.39 is 0 Å². The van der Waals surface area contributed by atoms with Crippen LogP contribution in [-0.2, 0) is 4.79 Å². The minimum atomic E-state index is 0.100. The Kier molecular flexibility index (Phi) is 7.52. The Morgan fingerprint density at radius 3 is 2.43 bits per heavy atom. The number of aromatic nitrogens is 3. The summed E-state index contributed by atoms with van der Waals surface area (Å²) in [5.74, 6) is 1.99. The number of benzene rings is 2. The second-order valence-corrected chi connectivity index (χ2v) is 7.74. The molecule has 0 saturated heterocycles. The molecule has 30 heavy (non-hydrogen) atoms. The van der Waals surface area contributed by atoms with Gasteiger partial charge in [-0.3, -0.25) is 9.36 Å². The van der Waals surface area contributed by atoms with Crippen molar-refractivity contribution in [2.24, 2.45) is 0 Å². The summed E-state index contributed by atoms with van der Waals surface area (Å²) in [6.07, 6.45) is 0. The van der Waals surface area contributed by atoms with Gasteiger partial charge in [0.1, 0.15) is 5.75 Å². The molecule has 3 rings (SSSR count). The summed E-state index contributed by atoms with van der Waals surface area (Å²) in [5, 5.41) is 9.57. The summed E-state index contributed by atoms with van der Waals surface area (Å²) in [4.78, 5) is 14.3. The number of hydrogen-bond donors (Lipinski definition) is 0. The standard InChI is InChI=1S/C23H28N4O2S/c1-5-26(6-2)21(28)16-30-23-25-24-22(18-10-8-9-17(4)15-18)27(23)19-11-13-20(14-12-19)29-7-3/h8-15H,5-7,16H2,1-4H3. The summed E-state index contributed by atoms with van der Waals surface area (Å²) in [5.41, 5.74) is 3.07. The lowest BCUT2D eigenvalue weighted by Gasteiger charge is -2.18. The van der Waals surface area contributed by atoms with Gasteiger partial charge in [-0.25, -0.2) is 0 Å². The number of rotatable bonds is 9. The lowest BCUT2D eigenvalue weighted by Crippen LogP contribution is -2.31. The number of carbonyl (C=O) groups is 1. The zero-order chi connectivity index (χ0) is 21.5. The van der Waals surface area contributed by atoms with Crippen molar-refractivity contribution in [3.8, 4) is 22.8 Å². The van der Waals surface area contributed by atoms with Gasteiger partial charge in [0.15, 0.2) is 11.0 Å². The van der Waals surface area contributed by atoms with Crippen molar-refractivity contribution >= 4 is 17.7 Å². The Balaban J connectivity index is 1.97. The van der Waals surface area contributed by atoms with Crippen LogP contribution in [0.1, 0.15) is 26.3 Å². The van der Waals surface area contributed by atoms with Crippen LogP contribution in [0.25, 0.3) is 17.1 Å². The van der Waals surface area contributed by atoms with Crippen molar-refractivity contribution in [2.75, 3.05) is 25.4 Å². The smallest absolute Gasteiger partial charge is 0.233 e. The molecule has 0 fully saturated rings. The minimum absolute atomic E-state index is 0.100. The molecular weight excluding hydrogens is 396 g/mol. The first-order valence-corrected chi connectivity index (χ1v) is 11.2. The molecule has 0 unspecified atom stereocenters. The molecule has 0 aliphatic carbocycles. The first-order valence-electron chi connectivity index (χ1n) is 10.2. The highest BCUT2D eigenvalue weighted by molar-refractivity contribution is 7.99. The molecule has 3 aromatic rings. The monoisotopic (exact) mass is 424 g/mol. The van der Waals surface area contributed by atoms with E-state index >= 15 is 0 Å². The number of aryl methyl sites for hydroxylation is 1. The van der Waals surface area contributed by atoms with E-state index in [1.165, 1.54) is 11.8 Å². The third-order valence-corrected chi connectivity index (χ3v) is 5.67. The molecule has 2 aromatic carbocycles. The number of hydrogen-bond acceptors (Lipinski definition) is 5. The minimum Gasteiger partial charge on any atom is -0.494 e. The number of ether oxygens (including phenoxy) is 1. The second kappa shape index (κ2) is 10.3. The van der Waals surface area contributed by atoms with Gasteiger partial charge in [-0.1, -0.05) is 35.5 Å². The highest BCUT2D eigenvalue weighted by Crippen LogP contribution is 2.29. The Bertz CT molecular complexity index is 981. The van der Waals surface area contributed by atoms with Crippen molar-refractivity contribution in [3.63, 3.8) is 0 Å². The summed E-state index contributed by atoms with van der Waals surface area (Å²) in [6, 6.07) is 16.0. The number of amides is 1. The van der Waals surface area contributed by atoms with E-state index in [0.717, 1.165) is 28.4 Å². The molecule has 1 aromatic heterocycles. The van der Waals surface area contributed by atoms with Crippen LogP contribution >= 0.6 is 11.8 Å². The summed E-state index contributed by atoms with van der Waals surface area (Å²) in [6.45, 7) is 10.0. The van der Waals surface area contributed by atoms with Gasteiger partial charge in [0, 0.05) is 24.3 Å². The number of carbonyl (C=O) groups excluding carboxylic acids is 1. The molecule has 0 aliphatic rings. The second-order valence-electron chi connectivity index (χ2n) is 6.79. The van der Waals surface area contributed by atoms with E-state index in [1.54, 1.807) is 0 Å². The van der Waals surface area contributed by atoms with Crippen LogP contribution in [0.4, 0.5) is 0 Å². The van der Waals surface area contributed by atoms with Crippen molar-refractivity contribution in [2.45, 2.75) is 32.9 Å². The average Bonchev–Trinajstić information content (AvgIpc) is 3.18. The Labute approximate surface area is 182 Å². The van der Waals surface area contributed by atoms with E-state index in [-0.39, 0.29) is 5.91 Å². The van der Waals surface area contributed by atoms with Gasteiger partial charge in [-0.15, -0.1) is 10.2 Å². The van der Waals surface area contributed by atoms with Gasteiger partial charge in [0.25, 0.3) is 0 Å². The summed E-state index contributed by atoms with van der Waals surface area (Å²) >= 11 is 1.41. The fourth-order valence-electron chi connectivity index (χ4n) is 3.22. The quantitative estimate of drug-likeness (QED) is 0.470. The molecule has 1 amide bonds. The molecule has 0 saturated carbocycles. The molecule has 1 heterocycles. The van der Waals surface area contributed by atoms with Crippen molar-refractivity contribution in [1.29, 1.82) is 0 Å². The molecule has 7 heteroatoms. The van der Waals surface area contributed by atoms with Crippen LogP contribution in [0.2, 0.25) is 0 Å². The first-order chi connectivity index (χ1) is 14.6. The molecular formula is C23H28N4O2S. The molecule has 0 radical (unpaired) electrons. The largest absolute Gasteiger partial charge is 0.494 e. The maximum atomic E-state index is 12.5. The van der Waals surface area contributed by atoms with E-state index in [4.69, 9.17) is 4.74 Å². The summed E-state index contributed by atoms with van der Waals surface area (Å²) < 4.78 is 7.58. The van der Waals surface area contributed by atoms with E-state index in [2.05, 4.69) is 29.3 Å². The predicted octanol–water partition coefficient (Wildman–Crippen LogP) is 4.60. The van der Waals surface area contributed by atoms with Crippen molar-refractivity contribution in [3.05, 3.63) is 54.1 Å². The van der Waals surface area contributed by atoms with Crippen LogP contribution in [0.15, 0.2) is 53.7 Å². The van der Waals surface area contributed by atoms with Crippen molar-refractivity contribution in [1.82, 2.24) is 19.7 Å². The van der Waals surface area contributed by atoms with Crippen LogP contribution in [0.5, 0.6) is 5.75 Å². The van der Waals surface area contributed by atoms with Gasteiger partial charge in [-0.2, -0.15) is 0 Å². The van der Waals surface area contributed by atoms with Crippen LogP contribution < -0.4 is 4.74 Å². The van der Waals surface area contributed by atoms with Gasteiger partial charge in [-0.05, 0) is 58.0 Å². The molecule has 0 aliphatic heterocycles. The third-order valence-electron chi connectivity index (χ3n) is 4.76. The van der Waals surface area contributed by atoms with Gasteiger partial charge < -0.3 is 9.64 Å². The van der Waals surface area contributed by atoms with Crippen LogP contribution in [0.3, 0.4) is 0 Å². The Morgan fingerprint density at radius 1 is 1.07 bits per heavy atom. The Morgan fingerprint density at radius 2 is 1.80 bits per heavy atom. The average molecular weight is 425 g/mol. The van der Waals surface area contributed by atoms with E-state index in [0.29, 0.717) is 30.6 Å². The van der Waals surface area contributed by atoms with Gasteiger partial charge in [0.2, 0.25) is 5.91 Å².